The topological polar surface area (TPSA) is 81.6 Å². The van der Waals surface area contributed by atoms with Crippen molar-refractivity contribution in [3.63, 3.8) is 0 Å². The Hall–Kier alpha value is -2.61. The van der Waals surface area contributed by atoms with Gasteiger partial charge in [0.1, 0.15) is 11.4 Å². The van der Waals surface area contributed by atoms with Crippen LogP contribution in [0.3, 0.4) is 0 Å². The summed E-state index contributed by atoms with van der Waals surface area (Å²) in [6.45, 7) is 4.94. The fourth-order valence-corrected chi connectivity index (χ4v) is 2.91. The van der Waals surface area contributed by atoms with Gasteiger partial charge in [0.15, 0.2) is 5.16 Å². The van der Waals surface area contributed by atoms with E-state index in [1.165, 1.54) is 18.0 Å². The van der Waals surface area contributed by atoms with Gasteiger partial charge in [-0.15, -0.1) is 0 Å². The zero-order valence-corrected chi connectivity index (χ0v) is 17.2. The molecule has 28 heavy (non-hydrogen) atoms. The van der Waals surface area contributed by atoms with Gasteiger partial charge in [-0.1, -0.05) is 42.1 Å². The second-order valence-electron chi connectivity index (χ2n) is 5.78. The minimum Gasteiger partial charge on any atom is -0.466 e. The third-order valence-corrected chi connectivity index (χ3v) is 4.39. The summed E-state index contributed by atoms with van der Waals surface area (Å²) in [5, 5.41) is 0.539. The number of thioether (sulfide) groups is 1. The van der Waals surface area contributed by atoms with E-state index in [9.17, 15) is 9.59 Å². The number of benzene rings is 1. The number of hydrogen-bond acceptors (Lipinski definition) is 8. The Balaban J connectivity index is 2.38. The van der Waals surface area contributed by atoms with E-state index in [-0.39, 0.29) is 24.6 Å². The van der Waals surface area contributed by atoms with E-state index in [2.05, 4.69) is 9.97 Å². The zero-order valence-electron chi connectivity index (χ0n) is 16.4. The minimum atomic E-state index is -0.487. The summed E-state index contributed by atoms with van der Waals surface area (Å²) in [6.07, 6.45) is 3.53. The molecule has 1 aromatic carbocycles. The maximum absolute atomic E-state index is 12.4. The molecule has 0 amide bonds. The van der Waals surface area contributed by atoms with Crippen LogP contribution in [0.25, 0.3) is 0 Å². The monoisotopic (exact) mass is 403 g/mol. The van der Waals surface area contributed by atoms with Gasteiger partial charge in [0, 0.05) is 19.3 Å². The van der Waals surface area contributed by atoms with Crippen molar-refractivity contribution in [2.24, 2.45) is 0 Å². The highest BCUT2D eigenvalue weighted by Crippen LogP contribution is 2.24. The summed E-state index contributed by atoms with van der Waals surface area (Å²) in [4.78, 5) is 35.0. The Morgan fingerprint density at radius 1 is 1.11 bits per heavy atom. The normalized spacial score (nSPS) is 10.4. The van der Waals surface area contributed by atoms with Crippen LogP contribution in [0.1, 0.15) is 36.2 Å². The summed E-state index contributed by atoms with van der Waals surface area (Å²) in [5.74, 6) is -0.331. The molecule has 0 aliphatic heterocycles. The van der Waals surface area contributed by atoms with Crippen LogP contribution in [0.2, 0.25) is 0 Å². The minimum absolute atomic E-state index is 0.182. The molecule has 1 heterocycles. The van der Waals surface area contributed by atoms with Gasteiger partial charge in [0.2, 0.25) is 0 Å². The van der Waals surface area contributed by atoms with E-state index >= 15 is 0 Å². The highest BCUT2D eigenvalue weighted by molar-refractivity contribution is 7.98. The van der Waals surface area contributed by atoms with Crippen molar-refractivity contribution >= 4 is 29.5 Å². The van der Waals surface area contributed by atoms with Gasteiger partial charge in [-0.2, -0.15) is 0 Å². The molecule has 0 unspecified atom stereocenters. The second kappa shape index (κ2) is 11.3. The number of hydrogen-bond donors (Lipinski definition) is 0. The van der Waals surface area contributed by atoms with Gasteiger partial charge >= 0.3 is 11.9 Å². The molecule has 0 saturated heterocycles. The highest BCUT2D eigenvalue weighted by Gasteiger charge is 2.22. The number of ether oxygens (including phenoxy) is 2. The van der Waals surface area contributed by atoms with Crippen molar-refractivity contribution in [3.05, 3.63) is 47.7 Å². The molecule has 2 rings (SSSR count). The smallest absolute Gasteiger partial charge is 0.343 e. The number of carbonyl (C=O) groups is 2. The fourth-order valence-electron chi connectivity index (χ4n) is 2.57. The summed E-state index contributed by atoms with van der Waals surface area (Å²) in [7, 11) is 0. The van der Waals surface area contributed by atoms with Gasteiger partial charge in [-0.25, -0.2) is 14.8 Å². The summed E-state index contributed by atoms with van der Waals surface area (Å²) in [6, 6.07) is 9.79. The molecule has 0 bridgehead atoms. The van der Waals surface area contributed by atoms with Crippen LogP contribution >= 0.6 is 11.8 Å². The lowest BCUT2D eigenvalue weighted by atomic mass is 10.2. The molecule has 8 heteroatoms. The first-order chi connectivity index (χ1) is 13.6. The first-order valence-electron chi connectivity index (χ1n) is 9.11. The predicted molar refractivity (Wildman–Crippen MR) is 109 cm³/mol. The number of anilines is 1. The first kappa shape index (κ1) is 21.7. The largest absolute Gasteiger partial charge is 0.466 e. The van der Waals surface area contributed by atoms with Crippen LogP contribution in [0.15, 0.2) is 41.7 Å². The molecule has 0 spiro atoms. The quantitative estimate of drug-likeness (QED) is 0.339. The lowest BCUT2D eigenvalue weighted by Crippen LogP contribution is -2.29. The first-order valence-corrected chi connectivity index (χ1v) is 10.3. The molecular formula is C20H25N3O4S. The molecule has 0 aliphatic carbocycles. The Morgan fingerprint density at radius 3 is 2.46 bits per heavy atom. The SMILES string of the molecule is CCOC(=O)CCN(Cc1ccccc1)c1nc(SC)ncc1C(=O)OCC. The number of nitrogens with zero attached hydrogens (tertiary/aromatic N) is 3. The van der Waals surface area contributed by atoms with Crippen LogP contribution in [0.5, 0.6) is 0 Å². The van der Waals surface area contributed by atoms with Crippen LogP contribution in [0, 0.1) is 0 Å². The second-order valence-corrected chi connectivity index (χ2v) is 6.55. The molecule has 0 radical (unpaired) electrons. The van der Waals surface area contributed by atoms with Crippen molar-refractivity contribution in [1.82, 2.24) is 9.97 Å². The maximum atomic E-state index is 12.4. The van der Waals surface area contributed by atoms with Gasteiger partial charge < -0.3 is 14.4 Å². The number of rotatable bonds is 10. The Labute approximate surface area is 169 Å². The Bertz CT molecular complexity index is 786. The highest BCUT2D eigenvalue weighted by atomic mass is 32.2. The predicted octanol–water partition coefficient (Wildman–Crippen LogP) is 3.34. The number of esters is 2. The summed E-state index contributed by atoms with van der Waals surface area (Å²) >= 11 is 1.38. The molecule has 0 saturated carbocycles. The molecule has 0 aliphatic rings. The molecule has 150 valence electrons. The van der Waals surface area contributed by atoms with Gasteiger partial charge in [-0.3, -0.25) is 4.79 Å². The molecule has 0 N–H and O–H groups in total. The van der Waals surface area contributed by atoms with Crippen molar-refractivity contribution in [1.29, 1.82) is 0 Å². The molecular weight excluding hydrogens is 378 g/mol. The molecule has 1 aromatic heterocycles. The standard InChI is InChI=1S/C20H25N3O4S/c1-4-26-17(24)11-12-23(14-15-9-7-6-8-10-15)18-16(19(25)27-5-2)13-21-20(22-18)28-3/h6-10,13H,4-5,11-12,14H2,1-3H3. The van der Waals surface area contributed by atoms with Gasteiger partial charge in [0.25, 0.3) is 0 Å². The van der Waals surface area contributed by atoms with Gasteiger partial charge in [-0.05, 0) is 25.7 Å². The van der Waals surface area contributed by atoms with Crippen molar-refractivity contribution in [3.8, 4) is 0 Å². The average Bonchev–Trinajstić information content (AvgIpc) is 2.71. The Kier molecular flexibility index (Phi) is 8.74. The average molecular weight is 404 g/mol. The molecule has 0 fully saturated rings. The van der Waals surface area contributed by atoms with E-state index in [1.54, 1.807) is 13.8 Å². The molecule has 2 aromatic rings. The van der Waals surface area contributed by atoms with E-state index in [0.717, 1.165) is 5.56 Å². The lowest BCUT2D eigenvalue weighted by molar-refractivity contribution is -0.142. The third-order valence-electron chi connectivity index (χ3n) is 3.83. The van der Waals surface area contributed by atoms with E-state index in [4.69, 9.17) is 9.47 Å². The number of carbonyl (C=O) groups excluding carboxylic acids is 2. The van der Waals surface area contributed by atoms with Gasteiger partial charge in [0.05, 0.1) is 19.6 Å². The van der Waals surface area contributed by atoms with E-state index < -0.39 is 5.97 Å². The summed E-state index contributed by atoms with van der Waals surface area (Å²) in [5.41, 5.74) is 1.31. The summed E-state index contributed by atoms with van der Waals surface area (Å²) < 4.78 is 10.2. The molecule has 0 atom stereocenters. The van der Waals surface area contributed by atoms with Crippen molar-refractivity contribution in [2.75, 3.05) is 30.9 Å². The Morgan fingerprint density at radius 2 is 1.82 bits per heavy atom. The third kappa shape index (κ3) is 6.23. The van der Waals surface area contributed by atoms with Crippen LogP contribution < -0.4 is 4.90 Å². The van der Waals surface area contributed by atoms with E-state index in [1.807, 2.05) is 41.5 Å². The van der Waals surface area contributed by atoms with Crippen molar-refractivity contribution < 1.29 is 19.1 Å². The van der Waals surface area contributed by atoms with Crippen LogP contribution in [-0.2, 0) is 20.8 Å². The van der Waals surface area contributed by atoms with Crippen LogP contribution in [-0.4, -0.2) is 47.9 Å². The number of aromatic nitrogens is 2. The van der Waals surface area contributed by atoms with Crippen molar-refractivity contribution in [2.45, 2.75) is 32.0 Å². The maximum Gasteiger partial charge on any atom is 0.343 e. The molecule has 7 nitrogen and oxygen atoms in total. The van der Waals surface area contributed by atoms with E-state index in [0.29, 0.717) is 30.7 Å². The zero-order chi connectivity index (χ0) is 20.4. The fraction of sp³-hybridized carbons (Fsp3) is 0.400. The lowest BCUT2D eigenvalue weighted by Gasteiger charge is -2.25. The van der Waals surface area contributed by atoms with Crippen LogP contribution in [0.4, 0.5) is 5.82 Å².